The van der Waals surface area contributed by atoms with E-state index in [2.05, 4.69) is 10.3 Å². The highest BCUT2D eigenvalue weighted by molar-refractivity contribution is 8.00. The number of methoxy groups -OCH3 is 1. The Bertz CT molecular complexity index is 611. The van der Waals surface area contributed by atoms with Gasteiger partial charge in [0.05, 0.1) is 13.7 Å². The highest BCUT2D eigenvalue weighted by Gasteiger charge is 2.19. The van der Waals surface area contributed by atoms with Crippen molar-refractivity contribution >= 4 is 39.8 Å². The zero-order valence-electron chi connectivity index (χ0n) is 12.0. The van der Waals surface area contributed by atoms with Crippen LogP contribution in [0.2, 0.25) is 0 Å². The highest BCUT2D eigenvalue weighted by atomic mass is 32.2. The number of esters is 1. The first kappa shape index (κ1) is 15.7. The minimum atomic E-state index is -0.412. The van der Waals surface area contributed by atoms with Crippen molar-refractivity contribution in [2.75, 3.05) is 25.3 Å². The van der Waals surface area contributed by atoms with Gasteiger partial charge in [-0.2, -0.15) is 0 Å². The van der Waals surface area contributed by atoms with Crippen molar-refractivity contribution < 1.29 is 14.3 Å². The Labute approximate surface area is 131 Å². The molecule has 0 aliphatic rings. The van der Waals surface area contributed by atoms with E-state index in [0.29, 0.717) is 17.3 Å². The number of nitrogens with zero attached hydrogens (tertiary/aromatic N) is 1. The third-order valence-corrected chi connectivity index (χ3v) is 4.55. The van der Waals surface area contributed by atoms with Gasteiger partial charge in [0.15, 0.2) is 10.0 Å². The van der Waals surface area contributed by atoms with Gasteiger partial charge in [-0.25, -0.2) is 9.78 Å². The first-order valence-electron chi connectivity index (χ1n) is 6.31. The summed E-state index contributed by atoms with van der Waals surface area (Å²) in [5.41, 5.74) is 1.18. The van der Waals surface area contributed by atoms with E-state index < -0.39 is 5.97 Å². The number of carbonyl (C=O) groups is 1. The maximum Gasteiger partial charge on any atom is 0.360 e. The molecule has 2 aromatic rings. The fourth-order valence-electron chi connectivity index (χ4n) is 1.62. The maximum atomic E-state index is 11.9. The van der Waals surface area contributed by atoms with Gasteiger partial charge in [0.2, 0.25) is 0 Å². The van der Waals surface area contributed by atoms with Gasteiger partial charge in [-0.1, -0.05) is 23.1 Å². The zero-order chi connectivity index (χ0) is 15.2. The molecule has 1 heterocycles. The lowest BCUT2D eigenvalue weighted by Gasteiger charge is -2.06. The molecule has 5 nitrogen and oxygen atoms in total. The number of ether oxygens (including phenoxy) is 2. The third-order valence-electron chi connectivity index (χ3n) is 2.60. The molecule has 0 aliphatic heterocycles. The van der Waals surface area contributed by atoms with Gasteiger partial charge in [-0.15, -0.1) is 0 Å². The Kier molecular flexibility index (Phi) is 5.46. The standard InChI is InChI=1S/C14H16N2O3S2/c1-4-19-13(17)11-12(21-14(16-11)20-3)15-9-5-7-10(18-2)8-6-9/h5-8,15H,4H2,1-3H3. The largest absolute Gasteiger partial charge is 0.497 e. The number of rotatable bonds is 6. The molecule has 0 fully saturated rings. The minimum absolute atomic E-state index is 0.321. The van der Waals surface area contributed by atoms with Crippen LogP contribution in [0.5, 0.6) is 5.75 Å². The number of anilines is 2. The van der Waals surface area contributed by atoms with Gasteiger partial charge in [0.1, 0.15) is 10.8 Å². The number of thioether (sulfide) groups is 1. The van der Waals surface area contributed by atoms with Crippen molar-refractivity contribution in [2.45, 2.75) is 11.3 Å². The van der Waals surface area contributed by atoms with Crippen LogP contribution in [0.25, 0.3) is 0 Å². The summed E-state index contributed by atoms with van der Waals surface area (Å²) in [6, 6.07) is 7.46. The molecule has 1 N–H and O–H groups in total. The maximum absolute atomic E-state index is 11.9. The number of nitrogens with one attached hydrogen (secondary N) is 1. The van der Waals surface area contributed by atoms with E-state index in [9.17, 15) is 4.79 Å². The van der Waals surface area contributed by atoms with Crippen LogP contribution in [0.4, 0.5) is 10.7 Å². The zero-order valence-corrected chi connectivity index (χ0v) is 13.6. The molecule has 1 aromatic carbocycles. The van der Waals surface area contributed by atoms with Crippen LogP contribution in [0.3, 0.4) is 0 Å². The average molecular weight is 324 g/mol. The summed E-state index contributed by atoms with van der Waals surface area (Å²) in [6.45, 7) is 2.10. The van der Waals surface area contributed by atoms with Crippen LogP contribution in [0.15, 0.2) is 28.6 Å². The first-order valence-corrected chi connectivity index (χ1v) is 8.35. The van der Waals surface area contributed by atoms with Crippen LogP contribution >= 0.6 is 23.1 Å². The SMILES string of the molecule is CCOC(=O)c1nc(SC)sc1Nc1ccc(OC)cc1. The molecular weight excluding hydrogens is 308 g/mol. The molecule has 21 heavy (non-hydrogen) atoms. The Hall–Kier alpha value is -1.73. The predicted octanol–water partition coefficient (Wildman–Crippen LogP) is 3.79. The second kappa shape index (κ2) is 7.33. The molecule has 0 amide bonds. The molecule has 0 bridgehead atoms. The third kappa shape index (κ3) is 3.89. The molecule has 1 aromatic heterocycles. The van der Waals surface area contributed by atoms with E-state index in [1.165, 1.54) is 23.1 Å². The number of thiazole rings is 1. The fraction of sp³-hybridized carbons (Fsp3) is 0.286. The van der Waals surface area contributed by atoms with E-state index >= 15 is 0 Å². The Morgan fingerprint density at radius 3 is 2.67 bits per heavy atom. The van der Waals surface area contributed by atoms with E-state index in [-0.39, 0.29) is 0 Å². The summed E-state index contributed by atoms with van der Waals surface area (Å²) < 4.78 is 11.0. The van der Waals surface area contributed by atoms with Crippen molar-refractivity contribution in [1.29, 1.82) is 0 Å². The normalized spacial score (nSPS) is 10.2. The first-order chi connectivity index (χ1) is 10.2. The van der Waals surface area contributed by atoms with Crippen molar-refractivity contribution in [3.05, 3.63) is 30.0 Å². The van der Waals surface area contributed by atoms with Crippen molar-refractivity contribution in [2.24, 2.45) is 0 Å². The highest BCUT2D eigenvalue weighted by Crippen LogP contribution is 2.33. The second-order valence-electron chi connectivity index (χ2n) is 3.94. The molecule has 0 saturated carbocycles. The summed E-state index contributed by atoms with van der Waals surface area (Å²) in [5.74, 6) is 0.366. The molecule has 0 spiro atoms. The number of benzene rings is 1. The van der Waals surface area contributed by atoms with E-state index in [1.54, 1.807) is 14.0 Å². The number of carbonyl (C=O) groups excluding carboxylic acids is 1. The lowest BCUT2D eigenvalue weighted by Crippen LogP contribution is -2.07. The second-order valence-corrected chi connectivity index (χ2v) is 5.99. The van der Waals surface area contributed by atoms with E-state index in [1.807, 2.05) is 30.5 Å². The Morgan fingerprint density at radius 2 is 2.10 bits per heavy atom. The van der Waals surface area contributed by atoms with Gasteiger partial charge in [-0.05, 0) is 37.4 Å². The Morgan fingerprint density at radius 1 is 1.38 bits per heavy atom. The number of hydrogen-bond donors (Lipinski definition) is 1. The predicted molar refractivity (Wildman–Crippen MR) is 86.1 cm³/mol. The summed E-state index contributed by atoms with van der Waals surface area (Å²) >= 11 is 2.92. The average Bonchev–Trinajstić information content (AvgIpc) is 2.91. The molecule has 2 rings (SSSR count). The smallest absolute Gasteiger partial charge is 0.360 e. The molecule has 0 unspecified atom stereocenters. The quantitative estimate of drug-likeness (QED) is 0.644. The summed E-state index contributed by atoms with van der Waals surface area (Å²) in [7, 11) is 1.62. The molecule has 0 radical (unpaired) electrons. The number of aromatic nitrogens is 1. The minimum Gasteiger partial charge on any atom is -0.497 e. The molecular formula is C14H16N2O3S2. The molecule has 0 atom stereocenters. The van der Waals surface area contributed by atoms with Crippen LogP contribution in [0, 0.1) is 0 Å². The monoisotopic (exact) mass is 324 g/mol. The lowest BCUT2D eigenvalue weighted by atomic mass is 10.3. The van der Waals surface area contributed by atoms with Gasteiger partial charge in [-0.3, -0.25) is 0 Å². The lowest BCUT2D eigenvalue weighted by molar-refractivity contribution is 0.0521. The summed E-state index contributed by atoms with van der Waals surface area (Å²) in [6.07, 6.45) is 1.92. The molecule has 0 saturated heterocycles. The summed E-state index contributed by atoms with van der Waals surface area (Å²) in [5, 5.41) is 3.89. The molecule has 112 valence electrons. The van der Waals surface area contributed by atoms with Crippen molar-refractivity contribution in [1.82, 2.24) is 4.98 Å². The van der Waals surface area contributed by atoms with E-state index in [0.717, 1.165) is 15.8 Å². The van der Waals surface area contributed by atoms with Crippen LogP contribution in [0.1, 0.15) is 17.4 Å². The van der Waals surface area contributed by atoms with Crippen molar-refractivity contribution in [3.63, 3.8) is 0 Å². The van der Waals surface area contributed by atoms with Crippen LogP contribution in [-0.2, 0) is 4.74 Å². The topological polar surface area (TPSA) is 60.5 Å². The van der Waals surface area contributed by atoms with Gasteiger partial charge in [0.25, 0.3) is 0 Å². The van der Waals surface area contributed by atoms with Gasteiger partial charge < -0.3 is 14.8 Å². The molecule has 7 heteroatoms. The van der Waals surface area contributed by atoms with Gasteiger partial charge in [0, 0.05) is 5.69 Å². The Balaban J connectivity index is 2.24. The fourth-order valence-corrected chi connectivity index (χ4v) is 3.09. The number of hydrogen-bond acceptors (Lipinski definition) is 7. The van der Waals surface area contributed by atoms with Crippen LogP contribution < -0.4 is 10.1 Å². The summed E-state index contributed by atoms with van der Waals surface area (Å²) in [4.78, 5) is 16.2. The van der Waals surface area contributed by atoms with Crippen LogP contribution in [-0.4, -0.2) is 30.9 Å². The van der Waals surface area contributed by atoms with Crippen molar-refractivity contribution in [3.8, 4) is 5.75 Å². The molecule has 0 aliphatic carbocycles. The van der Waals surface area contributed by atoms with Gasteiger partial charge >= 0.3 is 5.97 Å². The van der Waals surface area contributed by atoms with E-state index in [4.69, 9.17) is 9.47 Å².